The van der Waals surface area contributed by atoms with Gasteiger partial charge in [-0.05, 0) is 54.7 Å². The van der Waals surface area contributed by atoms with Crippen molar-refractivity contribution in [1.29, 1.82) is 0 Å². The third-order valence-corrected chi connectivity index (χ3v) is 6.24. The zero-order chi connectivity index (χ0) is 21.9. The molecule has 1 aromatic heterocycles. The highest BCUT2D eigenvalue weighted by molar-refractivity contribution is 5.84. The Morgan fingerprint density at radius 1 is 1.20 bits per heavy atom. The van der Waals surface area contributed by atoms with Gasteiger partial charge in [0.25, 0.3) is 5.56 Å². The van der Waals surface area contributed by atoms with Crippen molar-refractivity contribution in [3.63, 3.8) is 0 Å². The van der Waals surface area contributed by atoms with Crippen molar-refractivity contribution in [1.82, 2.24) is 9.47 Å². The van der Waals surface area contributed by atoms with Crippen molar-refractivity contribution < 1.29 is 9.53 Å². The van der Waals surface area contributed by atoms with Crippen LogP contribution in [0.3, 0.4) is 0 Å². The highest BCUT2D eigenvalue weighted by Gasteiger charge is 2.28. The van der Waals surface area contributed by atoms with Crippen LogP contribution in [0.1, 0.15) is 65.4 Å². The summed E-state index contributed by atoms with van der Waals surface area (Å²) in [5, 5.41) is 0.960. The van der Waals surface area contributed by atoms with E-state index in [4.69, 9.17) is 4.74 Å². The summed E-state index contributed by atoms with van der Waals surface area (Å²) in [6.45, 7) is 9.43. The van der Waals surface area contributed by atoms with Gasteiger partial charge in [0.2, 0.25) is 5.91 Å². The van der Waals surface area contributed by atoms with Gasteiger partial charge in [0.05, 0.1) is 12.6 Å². The number of hydrogen-bond acceptors (Lipinski definition) is 3. The van der Waals surface area contributed by atoms with E-state index in [1.807, 2.05) is 31.2 Å². The van der Waals surface area contributed by atoms with Gasteiger partial charge in [0.15, 0.2) is 0 Å². The number of carbonyl (C=O) groups is 1. The fraction of sp³-hybridized carbons (Fsp3) is 0.600. The van der Waals surface area contributed by atoms with Gasteiger partial charge in [-0.2, -0.15) is 0 Å². The maximum Gasteiger partial charge on any atom is 0.254 e. The SMILES string of the molecule is CCc1cc2ccc(OC)cc2n(CC(=O)N(CCC(C)(C)C)C2CCCC2)c1=O. The Balaban J connectivity index is 1.98. The Bertz CT molecular complexity index is 949. The number of benzene rings is 1. The maximum absolute atomic E-state index is 13.5. The summed E-state index contributed by atoms with van der Waals surface area (Å²) in [5.41, 5.74) is 1.58. The highest BCUT2D eigenvalue weighted by atomic mass is 16.5. The molecule has 30 heavy (non-hydrogen) atoms. The Morgan fingerprint density at radius 2 is 1.90 bits per heavy atom. The summed E-state index contributed by atoms with van der Waals surface area (Å²) < 4.78 is 7.02. The second-order valence-corrected chi connectivity index (χ2v) is 9.68. The number of pyridine rings is 1. The van der Waals surface area contributed by atoms with Gasteiger partial charge in [0.1, 0.15) is 12.3 Å². The molecule has 1 fully saturated rings. The van der Waals surface area contributed by atoms with E-state index in [1.165, 1.54) is 12.8 Å². The van der Waals surface area contributed by atoms with Gasteiger partial charge < -0.3 is 9.64 Å². The lowest BCUT2D eigenvalue weighted by Crippen LogP contribution is -2.43. The van der Waals surface area contributed by atoms with Crippen LogP contribution in [0.2, 0.25) is 0 Å². The van der Waals surface area contributed by atoms with Gasteiger partial charge in [0, 0.05) is 24.2 Å². The Kier molecular flexibility index (Phi) is 6.89. The first kappa shape index (κ1) is 22.4. The molecule has 0 atom stereocenters. The van der Waals surface area contributed by atoms with Crippen LogP contribution in [0.4, 0.5) is 0 Å². The Hall–Kier alpha value is -2.30. The van der Waals surface area contributed by atoms with E-state index in [9.17, 15) is 9.59 Å². The van der Waals surface area contributed by atoms with Crippen LogP contribution in [-0.4, -0.2) is 35.1 Å². The van der Waals surface area contributed by atoms with E-state index < -0.39 is 0 Å². The number of rotatable bonds is 7. The lowest BCUT2D eigenvalue weighted by Gasteiger charge is -2.32. The monoisotopic (exact) mass is 412 g/mol. The highest BCUT2D eigenvalue weighted by Crippen LogP contribution is 2.27. The molecule has 164 valence electrons. The first-order chi connectivity index (χ1) is 14.2. The second-order valence-electron chi connectivity index (χ2n) is 9.68. The number of aryl methyl sites for hydroxylation is 1. The predicted octanol–water partition coefficient (Wildman–Crippen LogP) is 4.78. The number of carbonyl (C=O) groups excluding carboxylic acids is 1. The molecule has 0 unspecified atom stereocenters. The quantitative estimate of drug-likeness (QED) is 0.658. The molecule has 1 saturated carbocycles. The first-order valence-corrected chi connectivity index (χ1v) is 11.2. The van der Waals surface area contributed by atoms with Gasteiger partial charge in [-0.25, -0.2) is 0 Å². The van der Waals surface area contributed by atoms with Crippen LogP contribution < -0.4 is 10.3 Å². The fourth-order valence-electron chi connectivity index (χ4n) is 4.36. The topological polar surface area (TPSA) is 51.5 Å². The van der Waals surface area contributed by atoms with Gasteiger partial charge >= 0.3 is 0 Å². The molecule has 0 saturated heterocycles. The summed E-state index contributed by atoms with van der Waals surface area (Å²) in [6.07, 6.45) is 6.08. The molecule has 0 radical (unpaired) electrons. The summed E-state index contributed by atoms with van der Waals surface area (Å²) in [5.74, 6) is 0.735. The molecule has 1 aromatic carbocycles. The van der Waals surface area contributed by atoms with Crippen molar-refractivity contribution in [2.24, 2.45) is 5.41 Å². The van der Waals surface area contributed by atoms with Crippen molar-refractivity contribution in [3.05, 3.63) is 40.2 Å². The number of hydrogen-bond donors (Lipinski definition) is 0. The van der Waals surface area contributed by atoms with E-state index >= 15 is 0 Å². The zero-order valence-corrected chi connectivity index (χ0v) is 19.2. The number of methoxy groups -OCH3 is 1. The van der Waals surface area contributed by atoms with Crippen LogP contribution in [0.15, 0.2) is 29.1 Å². The van der Waals surface area contributed by atoms with E-state index in [2.05, 4.69) is 25.7 Å². The van der Waals surface area contributed by atoms with Gasteiger partial charge in [-0.15, -0.1) is 0 Å². The molecule has 0 N–H and O–H groups in total. The average molecular weight is 413 g/mol. The van der Waals surface area contributed by atoms with Crippen LogP contribution in [-0.2, 0) is 17.8 Å². The van der Waals surface area contributed by atoms with Crippen molar-refractivity contribution in [3.8, 4) is 5.75 Å². The van der Waals surface area contributed by atoms with E-state index in [1.54, 1.807) is 11.7 Å². The molecule has 5 nitrogen and oxygen atoms in total. The van der Waals surface area contributed by atoms with E-state index in [-0.39, 0.29) is 23.4 Å². The summed E-state index contributed by atoms with van der Waals surface area (Å²) in [6, 6.07) is 7.95. The van der Waals surface area contributed by atoms with Crippen molar-refractivity contribution in [2.75, 3.05) is 13.7 Å². The van der Waals surface area contributed by atoms with Crippen LogP contribution in [0.25, 0.3) is 10.9 Å². The molecule has 2 aromatic rings. The normalized spacial score (nSPS) is 15.0. The van der Waals surface area contributed by atoms with Crippen molar-refractivity contribution in [2.45, 2.75) is 78.8 Å². The lowest BCUT2D eigenvalue weighted by molar-refractivity contribution is -0.134. The minimum Gasteiger partial charge on any atom is -0.497 e. The zero-order valence-electron chi connectivity index (χ0n) is 19.2. The Labute approximate surface area is 180 Å². The summed E-state index contributed by atoms with van der Waals surface area (Å²) in [4.78, 5) is 28.7. The molecule has 1 heterocycles. The molecule has 0 aliphatic heterocycles. The molecule has 5 heteroatoms. The molecular formula is C25H36N2O3. The molecule has 1 aliphatic carbocycles. The Morgan fingerprint density at radius 3 is 2.50 bits per heavy atom. The number of aromatic nitrogens is 1. The summed E-state index contributed by atoms with van der Waals surface area (Å²) >= 11 is 0. The number of amides is 1. The lowest BCUT2D eigenvalue weighted by atomic mass is 9.92. The standard InChI is InChI=1S/C25H36N2O3/c1-6-18-15-19-11-12-21(30-5)16-22(19)27(24(18)29)17-23(28)26(14-13-25(2,3)4)20-9-7-8-10-20/h11-12,15-16,20H,6-10,13-14,17H2,1-5H3. The largest absolute Gasteiger partial charge is 0.497 e. The molecule has 1 aliphatic rings. The van der Waals surface area contributed by atoms with Crippen LogP contribution in [0.5, 0.6) is 5.75 Å². The number of fused-ring (bicyclic) bond motifs is 1. The third-order valence-electron chi connectivity index (χ3n) is 6.24. The van der Waals surface area contributed by atoms with Crippen molar-refractivity contribution >= 4 is 16.8 Å². The fourth-order valence-corrected chi connectivity index (χ4v) is 4.36. The van der Waals surface area contributed by atoms with Gasteiger partial charge in [-0.3, -0.25) is 14.2 Å². The average Bonchev–Trinajstić information content (AvgIpc) is 3.23. The molecule has 1 amide bonds. The van der Waals surface area contributed by atoms with Crippen LogP contribution in [0, 0.1) is 5.41 Å². The third kappa shape index (κ3) is 5.05. The molecular weight excluding hydrogens is 376 g/mol. The van der Waals surface area contributed by atoms with Crippen LogP contribution >= 0.6 is 0 Å². The minimum absolute atomic E-state index is 0.0469. The number of nitrogens with zero attached hydrogens (tertiary/aromatic N) is 2. The van der Waals surface area contributed by atoms with E-state index in [0.29, 0.717) is 18.2 Å². The number of ether oxygens (including phenoxy) is 1. The predicted molar refractivity (Wildman–Crippen MR) is 122 cm³/mol. The first-order valence-electron chi connectivity index (χ1n) is 11.2. The minimum atomic E-state index is -0.0752. The van der Waals surface area contributed by atoms with E-state index in [0.717, 1.165) is 42.3 Å². The van der Waals surface area contributed by atoms with Gasteiger partial charge in [-0.1, -0.05) is 40.5 Å². The summed E-state index contributed by atoms with van der Waals surface area (Å²) in [7, 11) is 1.61. The smallest absolute Gasteiger partial charge is 0.254 e. The maximum atomic E-state index is 13.5. The second kappa shape index (κ2) is 9.23. The molecule has 0 spiro atoms. The molecule has 3 rings (SSSR count). The molecule has 0 bridgehead atoms.